The lowest BCUT2D eigenvalue weighted by atomic mass is 10.0. The number of nitrogens with zero attached hydrogens (tertiary/aromatic N) is 3. The molecular weight excluding hydrogens is 506 g/mol. The van der Waals surface area contributed by atoms with E-state index < -0.39 is 22.3 Å². The minimum Gasteiger partial charge on any atom is -0.493 e. The molecule has 0 spiro atoms. The molecule has 1 aromatic heterocycles. The second-order valence-corrected chi connectivity index (χ2v) is 9.58. The molecular formula is C26H25ClF2N4O4. The maximum Gasteiger partial charge on any atom is 0.252 e. The van der Waals surface area contributed by atoms with Crippen LogP contribution in [-0.2, 0) is 9.53 Å². The third-order valence-corrected chi connectivity index (χ3v) is 7.05. The summed E-state index contributed by atoms with van der Waals surface area (Å²) < 4.78 is 45.2. The van der Waals surface area contributed by atoms with E-state index in [2.05, 4.69) is 21.9 Å². The van der Waals surface area contributed by atoms with Gasteiger partial charge in [-0.1, -0.05) is 18.2 Å². The highest BCUT2D eigenvalue weighted by molar-refractivity contribution is 6.31. The van der Waals surface area contributed by atoms with Crippen LogP contribution in [0, 0.1) is 11.6 Å². The van der Waals surface area contributed by atoms with Gasteiger partial charge in [0.25, 0.3) is 5.91 Å². The number of anilines is 2. The van der Waals surface area contributed by atoms with Gasteiger partial charge in [0.15, 0.2) is 17.3 Å². The Labute approximate surface area is 217 Å². The van der Waals surface area contributed by atoms with Crippen LogP contribution in [0.1, 0.15) is 19.8 Å². The zero-order valence-electron chi connectivity index (χ0n) is 20.3. The van der Waals surface area contributed by atoms with Gasteiger partial charge in [-0.15, -0.1) is 0 Å². The average molecular weight is 531 g/mol. The van der Waals surface area contributed by atoms with Crippen LogP contribution < -0.4 is 14.8 Å². The van der Waals surface area contributed by atoms with Gasteiger partial charge in [0.1, 0.15) is 34.7 Å². The fourth-order valence-corrected chi connectivity index (χ4v) is 4.39. The summed E-state index contributed by atoms with van der Waals surface area (Å²) in [5.41, 5.74) is 0.430. The molecule has 8 nitrogen and oxygen atoms in total. The smallest absolute Gasteiger partial charge is 0.252 e. The van der Waals surface area contributed by atoms with Gasteiger partial charge < -0.3 is 24.4 Å². The SMILES string of the molecule is C=C(C(=O)N1CCC(Oc2cc3c(Nc4ccc(F)c(Cl)c4F)ncnc3cc2OC)CC1)C1(C)CO1. The number of nitrogens with one attached hydrogen (secondary N) is 1. The number of carbonyl (C=O) groups excluding carboxylic acids is 1. The molecule has 0 bridgehead atoms. The van der Waals surface area contributed by atoms with Crippen LogP contribution in [-0.4, -0.2) is 59.3 Å². The van der Waals surface area contributed by atoms with Crippen molar-refractivity contribution in [1.29, 1.82) is 0 Å². The van der Waals surface area contributed by atoms with Crippen molar-refractivity contribution in [3.8, 4) is 11.5 Å². The Kier molecular flexibility index (Phi) is 6.63. The van der Waals surface area contributed by atoms with Crippen LogP contribution in [0.2, 0.25) is 5.02 Å². The summed E-state index contributed by atoms with van der Waals surface area (Å²) in [6.45, 7) is 7.35. The van der Waals surface area contributed by atoms with Crippen molar-refractivity contribution in [2.45, 2.75) is 31.5 Å². The van der Waals surface area contributed by atoms with Crippen LogP contribution >= 0.6 is 11.6 Å². The first-order valence-corrected chi connectivity index (χ1v) is 12.1. The summed E-state index contributed by atoms with van der Waals surface area (Å²) in [6, 6.07) is 5.72. The van der Waals surface area contributed by atoms with E-state index in [1.165, 1.54) is 19.5 Å². The molecule has 2 aliphatic rings. The Morgan fingerprint density at radius 1 is 1.24 bits per heavy atom. The Hall–Kier alpha value is -3.50. The predicted octanol–water partition coefficient (Wildman–Crippen LogP) is 5.03. The van der Waals surface area contributed by atoms with Crippen LogP contribution in [0.15, 0.2) is 42.7 Å². The number of carbonyl (C=O) groups is 1. The molecule has 1 amide bonds. The number of methoxy groups -OCH3 is 1. The predicted molar refractivity (Wildman–Crippen MR) is 134 cm³/mol. The number of aromatic nitrogens is 2. The van der Waals surface area contributed by atoms with E-state index in [9.17, 15) is 13.6 Å². The summed E-state index contributed by atoms with van der Waals surface area (Å²) in [6.07, 6.45) is 2.40. The molecule has 0 radical (unpaired) electrons. The number of hydrogen-bond donors (Lipinski definition) is 1. The number of rotatable bonds is 7. The van der Waals surface area contributed by atoms with Gasteiger partial charge in [-0.2, -0.15) is 0 Å². The van der Waals surface area contributed by atoms with Crippen LogP contribution in [0.5, 0.6) is 11.5 Å². The monoisotopic (exact) mass is 530 g/mol. The molecule has 2 aliphatic heterocycles. The molecule has 0 aliphatic carbocycles. The fourth-order valence-electron chi connectivity index (χ4n) is 4.22. The summed E-state index contributed by atoms with van der Waals surface area (Å²) in [7, 11) is 1.53. The molecule has 2 saturated heterocycles. The minimum absolute atomic E-state index is 0.0335. The van der Waals surface area contributed by atoms with Gasteiger partial charge in [0.2, 0.25) is 0 Å². The Balaban J connectivity index is 1.35. The number of epoxide rings is 1. The van der Waals surface area contributed by atoms with E-state index >= 15 is 0 Å². The molecule has 3 aromatic rings. The number of fused-ring (bicyclic) bond motifs is 1. The molecule has 194 valence electrons. The van der Waals surface area contributed by atoms with E-state index in [1.54, 1.807) is 17.0 Å². The molecule has 2 fully saturated rings. The zero-order valence-corrected chi connectivity index (χ0v) is 21.1. The maximum atomic E-state index is 14.5. The molecule has 1 N–H and O–H groups in total. The standard InChI is InChI=1S/C26H25ClF2N4O4/c1-14(26(2)12-36-26)25(34)33-8-6-15(7-9-33)37-21-10-16-19(11-20(21)35-3)30-13-31-24(16)32-18-5-4-17(28)22(27)23(18)29/h4-5,10-11,13,15H,1,6-9,12H2,2-3H3,(H,30,31,32). The highest BCUT2D eigenvalue weighted by atomic mass is 35.5. The number of ether oxygens (including phenoxy) is 3. The molecule has 1 unspecified atom stereocenters. The van der Waals surface area contributed by atoms with Crippen molar-refractivity contribution < 1.29 is 27.8 Å². The Bertz CT molecular complexity index is 1390. The molecule has 5 rings (SSSR count). The number of halogens is 3. The first-order chi connectivity index (χ1) is 17.7. The summed E-state index contributed by atoms with van der Waals surface area (Å²) in [5.74, 6) is -0.664. The zero-order chi connectivity index (χ0) is 26.3. The van der Waals surface area contributed by atoms with Gasteiger partial charge in [-0.05, 0) is 25.1 Å². The number of likely N-dealkylation sites (tertiary alicyclic amines) is 1. The molecule has 3 heterocycles. The largest absolute Gasteiger partial charge is 0.493 e. The van der Waals surface area contributed by atoms with Crippen LogP contribution in [0.3, 0.4) is 0 Å². The second-order valence-electron chi connectivity index (χ2n) is 9.20. The summed E-state index contributed by atoms with van der Waals surface area (Å²) in [4.78, 5) is 23.0. The van der Waals surface area contributed by atoms with Crippen molar-refractivity contribution >= 4 is 39.9 Å². The van der Waals surface area contributed by atoms with Crippen LogP contribution in [0.25, 0.3) is 10.9 Å². The third kappa shape index (κ3) is 4.91. The van der Waals surface area contributed by atoms with Crippen molar-refractivity contribution in [3.63, 3.8) is 0 Å². The van der Waals surface area contributed by atoms with Gasteiger partial charge in [0, 0.05) is 43.0 Å². The fraction of sp³-hybridized carbons (Fsp3) is 0.346. The number of benzene rings is 2. The Morgan fingerprint density at radius 3 is 2.65 bits per heavy atom. The lowest BCUT2D eigenvalue weighted by Crippen LogP contribution is -2.43. The minimum atomic E-state index is -0.926. The summed E-state index contributed by atoms with van der Waals surface area (Å²) in [5, 5.41) is 2.79. The van der Waals surface area contributed by atoms with Crippen molar-refractivity contribution in [3.05, 3.63) is 59.4 Å². The van der Waals surface area contributed by atoms with Crippen LogP contribution in [0.4, 0.5) is 20.3 Å². The first kappa shape index (κ1) is 25.2. The van der Waals surface area contributed by atoms with Crippen molar-refractivity contribution in [1.82, 2.24) is 14.9 Å². The van der Waals surface area contributed by atoms with Gasteiger partial charge in [-0.3, -0.25) is 4.79 Å². The number of hydrogen-bond acceptors (Lipinski definition) is 7. The van der Waals surface area contributed by atoms with Gasteiger partial charge in [-0.25, -0.2) is 18.7 Å². The highest BCUT2D eigenvalue weighted by Gasteiger charge is 2.46. The van der Waals surface area contributed by atoms with E-state index in [0.29, 0.717) is 60.5 Å². The van der Waals surface area contributed by atoms with E-state index in [4.69, 9.17) is 25.8 Å². The number of piperidine rings is 1. The first-order valence-electron chi connectivity index (χ1n) is 11.7. The van der Waals surface area contributed by atoms with Crippen molar-refractivity contribution in [2.75, 3.05) is 32.1 Å². The molecule has 11 heteroatoms. The molecule has 1 atom stereocenters. The summed E-state index contributed by atoms with van der Waals surface area (Å²) >= 11 is 5.72. The second kappa shape index (κ2) is 9.75. The average Bonchev–Trinajstić information content (AvgIpc) is 3.66. The lowest BCUT2D eigenvalue weighted by molar-refractivity contribution is -0.129. The van der Waals surface area contributed by atoms with E-state index in [-0.39, 0.29) is 23.5 Å². The van der Waals surface area contributed by atoms with E-state index in [1.807, 2.05) is 6.92 Å². The van der Waals surface area contributed by atoms with Gasteiger partial charge >= 0.3 is 0 Å². The quantitative estimate of drug-likeness (QED) is 0.260. The van der Waals surface area contributed by atoms with Crippen molar-refractivity contribution in [2.24, 2.45) is 0 Å². The van der Waals surface area contributed by atoms with E-state index in [0.717, 1.165) is 6.07 Å². The third-order valence-electron chi connectivity index (χ3n) is 6.71. The lowest BCUT2D eigenvalue weighted by Gasteiger charge is -2.33. The maximum absolute atomic E-state index is 14.5. The highest BCUT2D eigenvalue weighted by Crippen LogP contribution is 2.38. The normalized spacial score (nSPS) is 19.5. The Morgan fingerprint density at radius 2 is 1.97 bits per heavy atom. The van der Waals surface area contributed by atoms with Gasteiger partial charge in [0.05, 0.1) is 24.9 Å². The molecule has 0 saturated carbocycles. The number of amides is 1. The molecule has 37 heavy (non-hydrogen) atoms. The topological polar surface area (TPSA) is 89.1 Å². The molecule has 2 aromatic carbocycles.